The summed E-state index contributed by atoms with van der Waals surface area (Å²) >= 11 is 1.44. The fraction of sp³-hybridized carbons (Fsp3) is 0.786. The molecule has 98 valence electrons. The van der Waals surface area contributed by atoms with E-state index in [9.17, 15) is 4.39 Å². The van der Waals surface area contributed by atoms with Gasteiger partial charge < -0.3 is 0 Å². The molecule has 1 atom stereocenters. The smallest absolute Gasteiger partial charge is 0.213 e. The Kier molecular flexibility index (Phi) is 4.02. The Bertz CT molecular complexity index is 374. The van der Waals surface area contributed by atoms with E-state index in [4.69, 9.17) is 0 Å². The maximum absolute atomic E-state index is 13.2. The third-order valence-corrected chi connectivity index (χ3v) is 4.72. The van der Waals surface area contributed by atoms with Crippen LogP contribution in [0.4, 0.5) is 4.39 Å². The minimum absolute atomic E-state index is 0.0814. The lowest BCUT2D eigenvalue weighted by molar-refractivity contribution is 0.106. The molecule has 0 aromatic carbocycles. The van der Waals surface area contributed by atoms with Crippen LogP contribution in [0.25, 0.3) is 0 Å². The van der Waals surface area contributed by atoms with Gasteiger partial charge in [0.1, 0.15) is 5.01 Å². The maximum Gasteiger partial charge on any atom is 0.223 e. The van der Waals surface area contributed by atoms with E-state index in [0.717, 1.165) is 5.01 Å². The van der Waals surface area contributed by atoms with Crippen LogP contribution in [0.2, 0.25) is 0 Å². The summed E-state index contributed by atoms with van der Waals surface area (Å²) in [7, 11) is 0. The highest BCUT2D eigenvalue weighted by Crippen LogP contribution is 2.51. The van der Waals surface area contributed by atoms with Gasteiger partial charge in [0.15, 0.2) is 0 Å². The minimum atomic E-state index is -0.348. The highest BCUT2D eigenvalue weighted by Gasteiger charge is 2.42. The lowest BCUT2D eigenvalue weighted by atomic mass is 9.61. The minimum Gasteiger partial charge on any atom is -0.213 e. The summed E-state index contributed by atoms with van der Waals surface area (Å²) in [6.45, 7) is 15.6. The molecular formula is C14H24FNS. The first-order chi connectivity index (χ1) is 7.56. The maximum atomic E-state index is 13.2. The highest BCUT2D eigenvalue weighted by atomic mass is 32.1. The van der Waals surface area contributed by atoms with Gasteiger partial charge in [-0.3, -0.25) is 0 Å². The Balaban J connectivity index is 3.23. The largest absolute Gasteiger partial charge is 0.223 e. The van der Waals surface area contributed by atoms with Crippen LogP contribution in [0.15, 0.2) is 5.38 Å². The van der Waals surface area contributed by atoms with Gasteiger partial charge in [0, 0.05) is 11.3 Å². The topological polar surface area (TPSA) is 12.9 Å². The molecule has 0 aliphatic rings. The normalized spacial score (nSPS) is 15.4. The monoisotopic (exact) mass is 257 g/mol. The van der Waals surface area contributed by atoms with Crippen molar-refractivity contribution in [2.75, 3.05) is 0 Å². The summed E-state index contributed by atoms with van der Waals surface area (Å²) in [6.07, 6.45) is 0. The molecule has 0 fully saturated rings. The molecule has 1 nitrogen and oxygen atoms in total. The van der Waals surface area contributed by atoms with Gasteiger partial charge in [-0.15, -0.1) is 11.3 Å². The van der Waals surface area contributed by atoms with Crippen molar-refractivity contribution in [3.63, 3.8) is 0 Å². The van der Waals surface area contributed by atoms with Crippen LogP contribution in [-0.2, 0) is 0 Å². The van der Waals surface area contributed by atoms with Crippen LogP contribution in [0.1, 0.15) is 59.4 Å². The lowest BCUT2D eigenvalue weighted by Gasteiger charge is -2.44. The van der Waals surface area contributed by atoms with Crippen LogP contribution in [0, 0.1) is 22.7 Å². The van der Waals surface area contributed by atoms with Crippen molar-refractivity contribution in [3.05, 3.63) is 16.3 Å². The van der Waals surface area contributed by atoms with E-state index in [1.54, 1.807) is 0 Å². The first-order valence-corrected chi connectivity index (χ1v) is 7.05. The van der Waals surface area contributed by atoms with E-state index in [1.807, 2.05) is 0 Å². The first kappa shape index (κ1) is 14.6. The van der Waals surface area contributed by atoms with Gasteiger partial charge >= 0.3 is 0 Å². The van der Waals surface area contributed by atoms with Crippen LogP contribution in [0.3, 0.4) is 0 Å². The zero-order chi connectivity index (χ0) is 13.4. The van der Waals surface area contributed by atoms with Crippen molar-refractivity contribution in [1.29, 1.82) is 0 Å². The van der Waals surface area contributed by atoms with Crippen molar-refractivity contribution in [3.8, 4) is 0 Å². The number of nitrogens with zero attached hydrogens (tertiary/aromatic N) is 1. The Labute approximate surface area is 108 Å². The molecule has 0 saturated carbocycles. The Morgan fingerprint density at radius 2 is 1.71 bits per heavy atom. The number of halogens is 1. The average Bonchev–Trinajstić information content (AvgIpc) is 2.48. The summed E-state index contributed by atoms with van der Waals surface area (Å²) in [5, 5.41) is 2.43. The molecule has 0 saturated heterocycles. The summed E-state index contributed by atoms with van der Waals surface area (Å²) in [5.41, 5.74) is 0.181. The van der Waals surface area contributed by atoms with Gasteiger partial charge in [-0.05, 0) is 16.7 Å². The second-order valence-electron chi connectivity index (χ2n) is 6.78. The molecule has 1 aromatic heterocycles. The summed E-state index contributed by atoms with van der Waals surface area (Å²) in [4.78, 5) is 4.08. The number of aromatic nitrogens is 1. The quantitative estimate of drug-likeness (QED) is 0.734. The molecule has 1 heterocycles. The molecule has 0 radical (unpaired) electrons. The van der Waals surface area contributed by atoms with Gasteiger partial charge in [-0.25, -0.2) is 4.98 Å². The predicted molar refractivity (Wildman–Crippen MR) is 72.9 cm³/mol. The molecule has 1 aromatic rings. The first-order valence-electron chi connectivity index (χ1n) is 6.17. The second-order valence-corrected chi connectivity index (χ2v) is 7.67. The van der Waals surface area contributed by atoms with Crippen LogP contribution in [0.5, 0.6) is 0 Å². The lowest BCUT2D eigenvalue weighted by Crippen LogP contribution is -2.36. The van der Waals surface area contributed by atoms with Gasteiger partial charge in [0.2, 0.25) is 5.95 Å². The van der Waals surface area contributed by atoms with E-state index in [0.29, 0.717) is 5.92 Å². The van der Waals surface area contributed by atoms with E-state index in [1.165, 1.54) is 16.7 Å². The molecule has 3 heteroatoms. The Morgan fingerprint density at radius 1 is 1.18 bits per heavy atom. The summed E-state index contributed by atoms with van der Waals surface area (Å²) in [5.74, 6) is 0.446. The highest BCUT2D eigenvalue weighted by molar-refractivity contribution is 7.09. The van der Waals surface area contributed by atoms with Crippen LogP contribution >= 0.6 is 11.3 Å². The van der Waals surface area contributed by atoms with Crippen molar-refractivity contribution in [2.24, 2.45) is 16.7 Å². The van der Waals surface area contributed by atoms with Gasteiger partial charge in [-0.2, -0.15) is 4.39 Å². The molecule has 1 rings (SSSR count). The zero-order valence-corrected chi connectivity index (χ0v) is 12.8. The van der Waals surface area contributed by atoms with E-state index < -0.39 is 0 Å². The fourth-order valence-electron chi connectivity index (χ4n) is 2.54. The van der Waals surface area contributed by atoms with Gasteiger partial charge in [0.05, 0.1) is 0 Å². The van der Waals surface area contributed by atoms with E-state index >= 15 is 0 Å². The standard InChI is InChI=1S/C14H24FNS/c1-9(2)14(6,7)11(13(3,4)5)12-16-10(15)8-17-12/h8-9,11H,1-7H3. The molecule has 0 N–H and O–H groups in total. The van der Waals surface area contributed by atoms with Gasteiger partial charge in [-0.1, -0.05) is 48.5 Å². The van der Waals surface area contributed by atoms with Crippen molar-refractivity contribution in [1.82, 2.24) is 4.98 Å². The Morgan fingerprint density at radius 3 is 2.00 bits per heavy atom. The molecular weight excluding hydrogens is 233 g/mol. The molecule has 17 heavy (non-hydrogen) atoms. The van der Waals surface area contributed by atoms with Crippen molar-refractivity contribution >= 4 is 11.3 Å². The number of rotatable bonds is 3. The molecule has 0 spiro atoms. The summed E-state index contributed by atoms with van der Waals surface area (Å²) in [6, 6.07) is 0. The average molecular weight is 257 g/mol. The van der Waals surface area contributed by atoms with Crippen molar-refractivity contribution in [2.45, 2.75) is 54.4 Å². The number of hydrogen-bond donors (Lipinski definition) is 0. The van der Waals surface area contributed by atoms with Crippen molar-refractivity contribution < 1.29 is 4.39 Å². The molecule has 1 unspecified atom stereocenters. The molecule has 0 aliphatic carbocycles. The van der Waals surface area contributed by atoms with E-state index in [-0.39, 0.29) is 22.7 Å². The number of thiazole rings is 1. The predicted octanol–water partition coefficient (Wildman–Crippen LogP) is 5.09. The van der Waals surface area contributed by atoms with Gasteiger partial charge in [0.25, 0.3) is 0 Å². The molecule has 0 amide bonds. The van der Waals surface area contributed by atoms with E-state index in [2.05, 4.69) is 53.5 Å². The second kappa shape index (κ2) is 4.68. The Hall–Kier alpha value is -0.440. The zero-order valence-electron chi connectivity index (χ0n) is 12.0. The summed E-state index contributed by atoms with van der Waals surface area (Å²) < 4.78 is 13.2. The third-order valence-electron chi connectivity index (χ3n) is 3.84. The van der Waals surface area contributed by atoms with Crippen LogP contribution in [-0.4, -0.2) is 4.98 Å². The fourth-order valence-corrected chi connectivity index (χ4v) is 3.74. The number of hydrogen-bond acceptors (Lipinski definition) is 2. The van der Waals surface area contributed by atoms with Crippen LogP contribution < -0.4 is 0 Å². The molecule has 0 bridgehead atoms. The third kappa shape index (κ3) is 3.06. The SMILES string of the molecule is CC(C)C(C)(C)C(c1nc(F)cs1)C(C)(C)C. The molecule has 0 aliphatic heterocycles.